The van der Waals surface area contributed by atoms with Gasteiger partial charge in [-0.05, 0) is 55.9 Å². The molecule has 0 aromatic heterocycles. The lowest BCUT2D eigenvalue weighted by atomic mass is 10.00. The highest BCUT2D eigenvalue weighted by molar-refractivity contribution is 5.99. The van der Waals surface area contributed by atoms with Crippen LogP contribution in [0.25, 0.3) is 0 Å². The van der Waals surface area contributed by atoms with Crippen molar-refractivity contribution in [1.29, 1.82) is 0 Å². The van der Waals surface area contributed by atoms with E-state index in [1.807, 2.05) is 30.9 Å². The van der Waals surface area contributed by atoms with Crippen molar-refractivity contribution in [1.82, 2.24) is 4.90 Å². The molecule has 19 heavy (non-hydrogen) atoms. The Bertz CT molecular complexity index is 494. The van der Waals surface area contributed by atoms with Gasteiger partial charge in [-0.15, -0.1) is 0 Å². The number of nitrogen functional groups attached to an aromatic ring is 1. The third-order valence-corrected chi connectivity index (χ3v) is 4.23. The van der Waals surface area contributed by atoms with E-state index in [0.717, 1.165) is 30.5 Å². The van der Waals surface area contributed by atoms with Gasteiger partial charge in [-0.3, -0.25) is 4.79 Å². The highest BCUT2D eigenvalue weighted by atomic mass is 16.2. The lowest BCUT2D eigenvalue weighted by molar-refractivity contribution is 0.0702. The van der Waals surface area contributed by atoms with Crippen molar-refractivity contribution in [2.75, 3.05) is 12.3 Å². The summed E-state index contributed by atoms with van der Waals surface area (Å²) in [4.78, 5) is 14.7. The van der Waals surface area contributed by atoms with Gasteiger partial charge in [0.1, 0.15) is 0 Å². The minimum Gasteiger partial charge on any atom is -0.398 e. The topological polar surface area (TPSA) is 46.3 Å². The van der Waals surface area contributed by atoms with Crippen molar-refractivity contribution in [3.8, 4) is 0 Å². The zero-order valence-corrected chi connectivity index (χ0v) is 12.4. The van der Waals surface area contributed by atoms with Crippen LogP contribution in [-0.4, -0.2) is 23.4 Å². The molecule has 0 spiro atoms. The number of hydrogen-bond donors (Lipinski definition) is 1. The average Bonchev–Trinajstić information content (AvgIpc) is 2.82. The van der Waals surface area contributed by atoms with Crippen molar-refractivity contribution >= 4 is 11.6 Å². The van der Waals surface area contributed by atoms with Crippen LogP contribution in [0, 0.1) is 19.8 Å². The SMILES string of the molecule is Cc1cc(N)c(C(=O)N2CCC[C@H]2C(C)C)cc1C. The van der Waals surface area contributed by atoms with E-state index >= 15 is 0 Å². The number of rotatable bonds is 2. The Balaban J connectivity index is 2.32. The zero-order chi connectivity index (χ0) is 14.2. The molecule has 0 radical (unpaired) electrons. The smallest absolute Gasteiger partial charge is 0.256 e. The minimum atomic E-state index is 0.0943. The van der Waals surface area contributed by atoms with Gasteiger partial charge in [0.2, 0.25) is 0 Å². The number of carbonyl (C=O) groups is 1. The molecule has 0 unspecified atom stereocenters. The second kappa shape index (κ2) is 5.24. The Hall–Kier alpha value is -1.51. The molecule has 0 bridgehead atoms. The molecule has 104 valence electrons. The van der Waals surface area contributed by atoms with E-state index in [9.17, 15) is 4.79 Å². The Kier molecular flexibility index (Phi) is 3.83. The lowest BCUT2D eigenvalue weighted by Gasteiger charge is -2.28. The zero-order valence-electron chi connectivity index (χ0n) is 12.4. The Morgan fingerprint density at radius 1 is 1.32 bits per heavy atom. The van der Waals surface area contributed by atoms with E-state index in [1.165, 1.54) is 0 Å². The summed E-state index contributed by atoms with van der Waals surface area (Å²) in [6, 6.07) is 4.19. The molecule has 1 atom stereocenters. The van der Waals surface area contributed by atoms with Gasteiger partial charge in [0.05, 0.1) is 5.56 Å². The molecular weight excluding hydrogens is 236 g/mol. The molecule has 2 rings (SSSR count). The van der Waals surface area contributed by atoms with Crippen LogP contribution in [0.15, 0.2) is 12.1 Å². The fourth-order valence-electron chi connectivity index (χ4n) is 2.92. The first-order valence-electron chi connectivity index (χ1n) is 7.09. The van der Waals surface area contributed by atoms with Crippen LogP contribution in [0.4, 0.5) is 5.69 Å². The second-order valence-corrected chi connectivity index (χ2v) is 5.98. The van der Waals surface area contributed by atoms with Crippen molar-refractivity contribution in [2.45, 2.75) is 46.6 Å². The molecule has 1 aromatic carbocycles. The predicted octanol–water partition coefficient (Wildman–Crippen LogP) is 3.15. The van der Waals surface area contributed by atoms with Crippen LogP contribution < -0.4 is 5.73 Å². The van der Waals surface area contributed by atoms with Crippen LogP contribution in [-0.2, 0) is 0 Å². The Labute approximate surface area is 115 Å². The van der Waals surface area contributed by atoms with Crippen LogP contribution in [0.3, 0.4) is 0 Å². The van der Waals surface area contributed by atoms with E-state index in [4.69, 9.17) is 5.73 Å². The lowest BCUT2D eigenvalue weighted by Crippen LogP contribution is -2.38. The molecule has 3 nitrogen and oxygen atoms in total. The first-order valence-corrected chi connectivity index (χ1v) is 7.09. The van der Waals surface area contributed by atoms with Crippen molar-refractivity contribution in [3.63, 3.8) is 0 Å². The molecule has 1 fully saturated rings. The summed E-state index contributed by atoms with van der Waals surface area (Å²) >= 11 is 0. The van der Waals surface area contributed by atoms with Crippen LogP contribution in [0.5, 0.6) is 0 Å². The van der Waals surface area contributed by atoms with Gasteiger partial charge in [0.25, 0.3) is 5.91 Å². The number of likely N-dealkylation sites (tertiary alicyclic amines) is 1. The number of nitrogens with zero attached hydrogens (tertiary/aromatic N) is 1. The molecule has 2 N–H and O–H groups in total. The van der Waals surface area contributed by atoms with Crippen LogP contribution in [0.1, 0.15) is 48.2 Å². The Morgan fingerprint density at radius 2 is 1.95 bits per heavy atom. The van der Waals surface area contributed by atoms with Crippen LogP contribution in [0.2, 0.25) is 0 Å². The van der Waals surface area contributed by atoms with Gasteiger partial charge in [-0.1, -0.05) is 13.8 Å². The molecule has 3 heteroatoms. The van der Waals surface area contributed by atoms with E-state index in [0.29, 0.717) is 23.2 Å². The van der Waals surface area contributed by atoms with Gasteiger partial charge in [0, 0.05) is 18.3 Å². The second-order valence-electron chi connectivity index (χ2n) is 5.98. The number of carbonyl (C=O) groups excluding carboxylic acids is 1. The standard InChI is InChI=1S/C16H24N2O/c1-10(2)15-6-5-7-18(15)16(19)13-8-11(3)12(4)9-14(13)17/h8-10,15H,5-7,17H2,1-4H3/t15-/m0/s1. The first kappa shape index (κ1) is 13.9. The van der Waals surface area contributed by atoms with Gasteiger partial charge in [0.15, 0.2) is 0 Å². The monoisotopic (exact) mass is 260 g/mol. The maximum Gasteiger partial charge on any atom is 0.256 e. The highest BCUT2D eigenvalue weighted by Gasteiger charge is 2.32. The van der Waals surface area contributed by atoms with E-state index < -0.39 is 0 Å². The summed E-state index contributed by atoms with van der Waals surface area (Å²) < 4.78 is 0. The molecule has 1 heterocycles. The van der Waals surface area contributed by atoms with Gasteiger partial charge in [-0.25, -0.2) is 0 Å². The molecule has 1 aliphatic rings. The summed E-state index contributed by atoms with van der Waals surface area (Å²) in [5, 5.41) is 0. The first-order chi connectivity index (χ1) is 8.91. The maximum atomic E-state index is 12.7. The fraction of sp³-hybridized carbons (Fsp3) is 0.562. The summed E-state index contributed by atoms with van der Waals surface area (Å²) in [7, 11) is 0. The third-order valence-electron chi connectivity index (χ3n) is 4.23. The van der Waals surface area contributed by atoms with Crippen LogP contribution >= 0.6 is 0 Å². The highest BCUT2D eigenvalue weighted by Crippen LogP contribution is 2.28. The normalized spacial score (nSPS) is 19.2. The average molecular weight is 260 g/mol. The quantitative estimate of drug-likeness (QED) is 0.830. The van der Waals surface area contributed by atoms with Gasteiger partial charge < -0.3 is 10.6 Å². The van der Waals surface area contributed by atoms with Gasteiger partial charge in [-0.2, -0.15) is 0 Å². The van der Waals surface area contributed by atoms with E-state index in [1.54, 1.807) is 0 Å². The Morgan fingerprint density at radius 3 is 2.58 bits per heavy atom. The van der Waals surface area contributed by atoms with Crippen molar-refractivity contribution < 1.29 is 4.79 Å². The number of nitrogens with two attached hydrogens (primary N) is 1. The third kappa shape index (κ3) is 2.60. The van der Waals surface area contributed by atoms with E-state index in [-0.39, 0.29) is 5.91 Å². The number of anilines is 1. The predicted molar refractivity (Wildman–Crippen MR) is 79.2 cm³/mol. The summed E-state index contributed by atoms with van der Waals surface area (Å²) in [6.45, 7) is 9.26. The summed E-state index contributed by atoms with van der Waals surface area (Å²) in [6.07, 6.45) is 2.20. The summed E-state index contributed by atoms with van der Waals surface area (Å²) in [5.41, 5.74) is 9.55. The molecule has 1 aromatic rings. The van der Waals surface area contributed by atoms with Gasteiger partial charge >= 0.3 is 0 Å². The molecule has 0 aliphatic carbocycles. The molecule has 1 aliphatic heterocycles. The van der Waals surface area contributed by atoms with Crippen molar-refractivity contribution in [2.24, 2.45) is 5.92 Å². The molecular formula is C16H24N2O. The number of amides is 1. The largest absolute Gasteiger partial charge is 0.398 e. The molecule has 1 amide bonds. The van der Waals surface area contributed by atoms with Crippen molar-refractivity contribution in [3.05, 3.63) is 28.8 Å². The number of hydrogen-bond acceptors (Lipinski definition) is 2. The fourth-order valence-corrected chi connectivity index (χ4v) is 2.92. The molecule has 1 saturated heterocycles. The summed E-state index contributed by atoms with van der Waals surface area (Å²) in [5.74, 6) is 0.594. The minimum absolute atomic E-state index is 0.0943. The maximum absolute atomic E-state index is 12.7. The number of aryl methyl sites for hydroxylation is 2. The molecule has 0 saturated carbocycles. The van der Waals surface area contributed by atoms with E-state index in [2.05, 4.69) is 13.8 Å². The number of benzene rings is 1.